The molecule has 0 aromatic heterocycles. The number of nitrogens with zero attached hydrogens (tertiary/aromatic N) is 1. The van der Waals surface area contributed by atoms with Gasteiger partial charge in [0.25, 0.3) is 5.91 Å². The van der Waals surface area contributed by atoms with E-state index in [4.69, 9.17) is 0 Å². The maximum Gasteiger partial charge on any atom is 0.301 e. The third kappa shape index (κ3) is 2.40. The first kappa shape index (κ1) is 15.0. The van der Waals surface area contributed by atoms with Crippen molar-refractivity contribution in [2.75, 3.05) is 4.90 Å². The summed E-state index contributed by atoms with van der Waals surface area (Å²) in [6.45, 7) is 3.80. The lowest BCUT2D eigenvalue weighted by molar-refractivity contribution is -0.121. The van der Waals surface area contributed by atoms with Crippen LogP contribution in [0, 0.1) is 19.7 Å². The number of aliphatic hydroxyl groups is 1. The minimum Gasteiger partial charge on any atom is -0.502 e. The smallest absolute Gasteiger partial charge is 0.301 e. The van der Waals surface area contributed by atoms with Crippen molar-refractivity contribution in [2.24, 2.45) is 0 Å². The van der Waals surface area contributed by atoms with E-state index in [9.17, 15) is 19.1 Å². The molecule has 1 N–H and O–H groups in total. The molecule has 0 fully saturated rings. The van der Waals surface area contributed by atoms with Crippen LogP contribution in [0.4, 0.5) is 10.1 Å². The molecule has 3 rings (SSSR count). The largest absolute Gasteiger partial charge is 0.502 e. The molecular weight excluding hydrogens is 297 g/mol. The zero-order chi connectivity index (χ0) is 16.7. The molecule has 0 radical (unpaired) electrons. The van der Waals surface area contributed by atoms with E-state index in [-0.39, 0.29) is 5.57 Å². The van der Waals surface area contributed by atoms with E-state index >= 15 is 0 Å². The van der Waals surface area contributed by atoms with Crippen molar-refractivity contribution in [2.45, 2.75) is 13.8 Å². The summed E-state index contributed by atoms with van der Waals surface area (Å²) in [6, 6.07) is 10.2. The number of aryl methyl sites for hydroxylation is 2. The van der Waals surface area contributed by atoms with Crippen molar-refractivity contribution < 1.29 is 19.1 Å². The fourth-order valence-electron chi connectivity index (χ4n) is 2.49. The fraction of sp³-hybridized carbons (Fsp3) is 0.111. The number of carbonyl (C=O) groups is 2. The Bertz CT molecular complexity index is 853. The molecule has 4 nitrogen and oxygen atoms in total. The van der Waals surface area contributed by atoms with E-state index in [0.717, 1.165) is 16.0 Å². The molecule has 1 heterocycles. The molecule has 0 saturated heterocycles. The van der Waals surface area contributed by atoms with Crippen LogP contribution in [0.2, 0.25) is 0 Å². The zero-order valence-corrected chi connectivity index (χ0v) is 12.6. The highest BCUT2D eigenvalue weighted by atomic mass is 19.1. The minimum absolute atomic E-state index is 0.117. The number of carbonyl (C=O) groups excluding carboxylic acids is 2. The summed E-state index contributed by atoms with van der Waals surface area (Å²) in [4.78, 5) is 25.8. The van der Waals surface area contributed by atoms with Gasteiger partial charge < -0.3 is 5.11 Å². The lowest BCUT2D eigenvalue weighted by Crippen LogP contribution is -2.31. The molecule has 0 spiro atoms. The maximum absolute atomic E-state index is 13.0. The Morgan fingerprint density at radius 3 is 2.17 bits per heavy atom. The van der Waals surface area contributed by atoms with Crippen LogP contribution in [-0.2, 0) is 9.59 Å². The molecule has 1 aliphatic heterocycles. The van der Waals surface area contributed by atoms with Crippen molar-refractivity contribution in [1.82, 2.24) is 0 Å². The predicted molar refractivity (Wildman–Crippen MR) is 84.4 cm³/mol. The summed E-state index contributed by atoms with van der Waals surface area (Å²) in [7, 11) is 0. The van der Waals surface area contributed by atoms with E-state index in [0.29, 0.717) is 11.3 Å². The van der Waals surface area contributed by atoms with E-state index in [1.165, 1.54) is 24.3 Å². The molecule has 0 atom stereocenters. The Hall–Kier alpha value is -2.95. The Morgan fingerprint density at radius 1 is 0.913 bits per heavy atom. The number of benzene rings is 2. The summed E-state index contributed by atoms with van der Waals surface area (Å²) in [5.74, 6) is -2.49. The SMILES string of the molecule is Cc1ccc(N2C(=O)C(O)=C(c3ccc(F)cc3)C2=O)cc1C. The third-order valence-corrected chi connectivity index (χ3v) is 3.94. The number of halogens is 1. The van der Waals surface area contributed by atoms with Gasteiger partial charge in [0.05, 0.1) is 11.3 Å². The van der Waals surface area contributed by atoms with Gasteiger partial charge in [-0.2, -0.15) is 0 Å². The average molecular weight is 311 g/mol. The second-order valence-corrected chi connectivity index (χ2v) is 5.44. The van der Waals surface area contributed by atoms with Gasteiger partial charge in [0.1, 0.15) is 5.82 Å². The van der Waals surface area contributed by atoms with Crippen molar-refractivity contribution in [3.8, 4) is 0 Å². The van der Waals surface area contributed by atoms with Gasteiger partial charge in [0, 0.05) is 0 Å². The standard InChI is InChI=1S/C18H14FNO3/c1-10-3-8-14(9-11(10)2)20-17(22)15(16(21)18(20)23)12-4-6-13(19)7-5-12/h3-9,21H,1-2H3. The van der Waals surface area contributed by atoms with E-state index in [1.54, 1.807) is 18.2 Å². The van der Waals surface area contributed by atoms with Crippen LogP contribution in [-0.4, -0.2) is 16.9 Å². The molecular formula is C18H14FNO3. The van der Waals surface area contributed by atoms with Gasteiger partial charge in [0.15, 0.2) is 5.76 Å². The van der Waals surface area contributed by atoms with Gasteiger partial charge in [-0.15, -0.1) is 0 Å². The van der Waals surface area contributed by atoms with Crippen LogP contribution in [0.3, 0.4) is 0 Å². The van der Waals surface area contributed by atoms with Crippen LogP contribution >= 0.6 is 0 Å². The number of rotatable bonds is 2. The molecule has 5 heteroatoms. The van der Waals surface area contributed by atoms with Gasteiger partial charge in [-0.25, -0.2) is 9.29 Å². The summed E-state index contributed by atoms with van der Waals surface area (Å²) in [5, 5.41) is 10.1. The molecule has 0 saturated carbocycles. The molecule has 0 unspecified atom stereocenters. The Kier molecular flexibility index (Phi) is 3.48. The highest BCUT2D eigenvalue weighted by molar-refractivity contribution is 6.44. The summed E-state index contributed by atoms with van der Waals surface area (Å²) >= 11 is 0. The quantitative estimate of drug-likeness (QED) is 0.866. The normalized spacial score (nSPS) is 14.8. The molecule has 2 aromatic rings. The average Bonchev–Trinajstić information content (AvgIpc) is 2.74. The molecule has 2 aromatic carbocycles. The van der Waals surface area contributed by atoms with E-state index in [2.05, 4.69) is 0 Å². The predicted octanol–water partition coefficient (Wildman–Crippen LogP) is 3.29. The van der Waals surface area contributed by atoms with Gasteiger partial charge in [-0.3, -0.25) is 9.59 Å². The Balaban J connectivity index is 2.05. The van der Waals surface area contributed by atoms with Gasteiger partial charge in [0.2, 0.25) is 0 Å². The summed E-state index contributed by atoms with van der Waals surface area (Å²) in [5.41, 5.74) is 2.54. The lowest BCUT2D eigenvalue weighted by atomic mass is 10.1. The number of anilines is 1. The summed E-state index contributed by atoms with van der Waals surface area (Å²) < 4.78 is 13.0. The van der Waals surface area contributed by atoms with Crippen LogP contribution in [0.5, 0.6) is 0 Å². The number of hydrogen-bond acceptors (Lipinski definition) is 3. The van der Waals surface area contributed by atoms with Gasteiger partial charge >= 0.3 is 5.91 Å². The molecule has 1 aliphatic rings. The van der Waals surface area contributed by atoms with Crippen molar-refractivity contribution in [3.05, 3.63) is 70.7 Å². The number of imide groups is 1. The molecule has 0 aliphatic carbocycles. The first-order chi connectivity index (χ1) is 10.9. The number of aliphatic hydroxyl groups excluding tert-OH is 1. The zero-order valence-electron chi connectivity index (χ0n) is 12.6. The molecule has 0 bridgehead atoms. The molecule has 23 heavy (non-hydrogen) atoms. The first-order valence-corrected chi connectivity index (χ1v) is 7.05. The van der Waals surface area contributed by atoms with Crippen LogP contribution < -0.4 is 4.90 Å². The lowest BCUT2D eigenvalue weighted by Gasteiger charge is -2.16. The monoisotopic (exact) mass is 311 g/mol. The maximum atomic E-state index is 13.0. The number of hydrogen-bond donors (Lipinski definition) is 1. The molecule has 116 valence electrons. The van der Waals surface area contributed by atoms with Crippen molar-refractivity contribution in [1.29, 1.82) is 0 Å². The van der Waals surface area contributed by atoms with Gasteiger partial charge in [-0.05, 0) is 54.8 Å². The second-order valence-electron chi connectivity index (χ2n) is 5.44. The molecule has 2 amide bonds. The van der Waals surface area contributed by atoms with E-state index < -0.39 is 23.4 Å². The van der Waals surface area contributed by atoms with Crippen molar-refractivity contribution >= 4 is 23.1 Å². The first-order valence-electron chi connectivity index (χ1n) is 7.05. The third-order valence-electron chi connectivity index (χ3n) is 3.94. The van der Waals surface area contributed by atoms with Crippen LogP contribution in [0.25, 0.3) is 5.57 Å². The summed E-state index contributed by atoms with van der Waals surface area (Å²) in [6.07, 6.45) is 0. The highest BCUT2D eigenvalue weighted by Gasteiger charge is 2.40. The topological polar surface area (TPSA) is 57.6 Å². The second kappa shape index (κ2) is 5.35. The Labute approximate surface area is 132 Å². The fourth-order valence-corrected chi connectivity index (χ4v) is 2.49. The van der Waals surface area contributed by atoms with Crippen LogP contribution in [0.15, 0.2) is 48.2 Å². The highest BCUT2D eigenvalue weighted by Crippen LogP contribution is 2.32. The van der Waals surface area contributed by atoms with Gasteiger partial charge in [-0.1, -0.05) is 18.2 Å². The van der Waals surface area contributed by atoms with Crippen LogP contribution in [0.1, 0.15) is 16.7 Å². The Morgan fingerprint density at radius 2 is 1.57 bits per heavy atom. The van der Waals surface area contributed by atoms with Crippen molar-refractivity contribution in [3.63, 3.8) is 0 Å². The van der Waals surface area contributed by atoms with E-state index in [1.807, 2.05) is 13.8 Å². The number of amides is 2. The minimum atomic E-state index is -0.780.